The van der Waals surface area contributed by atoms with Gasteiger partial charge in [0.1, 0.15) is 54.1 Å². The molecule has 0 bridgehead atoms. The summed E-state index contributed by atoms with van der Waals surface area (Å²) in [7, 11) is 0. The molecule has 4 aromatic carbocycles. The molecule has 34 heteroatoms. The molecule has 540 valence electrons. The Bertz CT molecular complexity index is 3810. The second-order valence-corrected chi connectivity index (χ2v) is 25.4. The number of nitrogens with zero attached hydrogens (tertiary/aromatic N) is 1. The van der Waals surface area contributed by atoms with Crippen molar-refractivity contribution in [3.05, 3.63) is 138 Å². The predicted octanol–water partition coefficient (Wildman–Crippen LogP) is -8.20. The first-order valence-electron chi connectivity index (χ1n) is 32.2. The number of aliphatic hydroxyl groups is 2. The van der Waals surface area contributed by atoms with Crippen molar-refractivity contribution >= 4 is 106 Å². The summed E-state index contributed by atoms with van der Waals surface area (Å²) in [4.78, 5) is 197. The standard InChI is InChI=1S/C67H81N13O20S/c1-35(81)57-65(97)77-49(27-37-13-6-3-7-14-37)66(98)80-24-10-17-51(80)64(96)78-50(67(99)100)33-101-34-54(85)72-46(28-39-31-69-42-16-9-8-15-41(39)42)61(93)74-45(25-36-11-4-2-5-12-36)60(92)73-43(22-23-55(86)87)58(90)70-32-53(84)71-44(26-38-18-20-40(82)21-19-38)59(91)76-48(30-56(88)89)62(94)75-47(29-52(68)83)63(95)79-57/h2-9,11-16,18-21,31,35,43-51,54,57,69,72,81-82,85H,10,17,22-30,32-34H2,1H3,(H2,68,83)(H,70,90)(H,71,84)(H,73,92)(H,74,93)(H,75,94)(H,76,91)(H,77,97)(H,78,96)(H,79,95)(H,86,87)(H,88,89)(H,99,100)/p-2/t35-,43+,44+,45+,46+,47+,48+,49+,50+,51+,54-,57+/m1/s1. The molecule has 3 heterocycles. The fraction of sp³-hybridized carbons (Fsp3) is 0.403. The quantitative estimate of drug-likeness (QED) is 0.0411. The van der Waals surface area contributed by atoms with Crippen LogP contribution in [-0.4, -0.2) is 205 Å². The maximum atomic E-state index is 14.8. The number of hydrogen-bond donors (Lipinski definition) is 15. The monoisotopic (exact) mass is 1420 g/mol. The van der Waals surface area contributed by atoms with Crippen LogP contribution in [0.1, 0.15) is 67.7 Å². The minimum atomic E-state index is -2.22. The normalized spacial score (nSPS) is 24.5. The molecule has 2 saturated heterocycles. The lowest BCUT2D eigenvalue weighted by Gasteiger charge is -2.31. The van der Waals surface area contributed by atoms with Gasteiger partial charge in [-0.25, -0.2) is 0 Å². The third-order valence-electron chi connectivity index (χ3n) is 16.6. The fourth-order valence-corrected chi connectivity index (χ4v) is 12.4. The molecule has 5 aromatic rings. The van der Waals surface area contributed by atoms with Gasteiger partial charge in [0.05, 0.1) is 36.8 Å². The van der Waals surface area contributed by atoms with Crippen LogP contribution in [0.4, 0.5) is 0 Å². The molecule has 11 amide bonds. The molecule has 2 aliphatic rings. The van der Waals surface area contributed by atoms with Gasteiger partial charge in [0, 0.05) is 73.4 Å². The van der Waals surface area contributed by atoms with E-state index in [1.165, 1.54) is 29.6 Å². The van der Waals surface area contributed by atoms with E-state index in [2.05, 4.69) is 52.8 Å². The van der Waals surface area contributed by atoms with Gasteiger partial charge in [-0.15, -0.1) is 0 Å². The number of carboxylic acid groups (broad SMARTS) is 3. The lowest BCUT2D eigenvalue weighted by atomic mass is 10.0. The lowest BCUT2D eigenvalue weighted by molar-refractivity contribution is -0.737. The van der Waals surface area contributed by atoms with Crippen LogP contribution in [0.15, 0.2) is 115 Å². The summed E-state index contributed by atoms with van der Waals surface area (Å²) >= 11 is 0.836. The fourth-order valence-electron chi connectivity index (χ4n) is 11.4. The smallest absolute Gasteiger partial charge is 0.279 e. The Morgan fingerprint density at radius 3 is 1.74 bits per heavy atom. The molecular weight excluding hydrogens is 1340 g/mol. The number of phenolic OH excluding ortho intramolecular Hbond substituents is 1. The highest BCUT2D eigenvalue weighted by molar-refractivity contribution is 7.99. The zero-order chi connectivity index (χ0) is 73.4. The third kappa shape index (κ3) is 23.6. The van der Waals surface area contributed by atoms with Crippen LogP contribution in [0.25, 0.3) is 10.9 Å². The molecule has 17 N–H and O–H groups in total. The lowest BCUT2D eigenvalue weighted by Crippen LogP contribution is -2.98. The number of phenols is 1. The molecule has 0 unspecified atom stereocenters. The van der Waals surface area contributed by atoms with E-state index >= 15 is 0 Å². The van der Waals surface area contributed by atoms with E-state index in [9.17, 15) is 97.8 Å². The zero-order valence-corrected chi connectivity index (χ0v) is 55.4. The van der Waals surface area contributed by atoms with Crippen molar-refractivity contribution in [2.75, 3.05) is 24.6 Å². The van der Waals surface area contributed by atoms with E-state index in [0.29, 0.717) is 27.6 Å². The molecule has 2 fully saturated rings. The average Bonchev–Trinajstić information content (AvgIpc) is 1.61. The van der Waals surface area contributed by atoms with Gasteiger partial charge in [0.15, 0.2) is 12.3 Å². The van der Waals surface area contributed by atoms with Crippen LogP contribution in [0, 0.1) is 0 Å². The first-order valence-corrected chi connectivity index (χ1v) is 33.4. The highest BCUT2D eigenvalue weighted by atomic mass is 32.2. The first kappa shape index (κ1) is 77.4. The van der Waals surface area contributed by atoms with E-state index in [1.807, 2.05) is 0 Å². The predicted molar refractivity (Wildman–Crippen MR) is 351 cm³/mol. The van der Waals surface area contributed by atoms with Crippen LogP contribution in [-0.2, 0) is 92.8 Å². The number of carbonyl (C=O) groups excluding carboxylic acids is 14. The van der Waals surface area contributed by atoms with E-state index < -0.39 is 200 Å². The van der Waals surface area contributed by atoms with Gasteiger partial charge < -0.3 is 114 Å². The number of nitrogens with two attached hydrogens (primary N) is 2. The molecule has 12 atom stereocenters. The summed E-state index contributed by atoms with van der Waals surface area (Å²) in [6.07, 6.45) is -6.48. The zero-order valence-electron chi connectivity index (χ0n) is 54.6. The number of H-pyrrole nitrogens is 1. The van der Waals surface area contributed by atoms with Crippen molar-refractivity contribution in [3.63, 3.8) is 0 Å². The number of fused-ring (bicyclic) bond motifs is 2. The number of aliphatic carboxylic acids is 3. The summed E-state index contributed by atoms with van der Waals surface area (Å²) in [5.74, 6) is -19.0. The van der Waals surface area contributed by atoms with Gasteiger partial charge in [0.25, 0.3) is 5.91 Å². The van der Waals surface area contributed by atoms with Gasteiger partial charge in [0.2, 0.25) is 59.1 Å². The number of primary amides is 1. The van der Waals surface area contributed by atoms with E-state index in [0.717, 1.165) is 23.6 Å². The van der Waals surface area contributed by atoms with Crippen molar-refractivity contribution in [2.45, 2.75) is 144 Å². The van der Waals surface area contributed by atoms with Crippen LogP contribution in [0.2, 0.25) is 0 Å². The Morgan fingerprint density at radius 2 is 1.14 bits per heavy atom. The SMILES string of the molecule is C[C@@H](O)[C@@H]1NC(=O)[C@H](CC(N)=O)NC(=O)[C@H](CC(=O)[O-])NC(=O)[C@H](Cc2ccc(O)cc2)NC(=O)CNC(=O)[C@H](CCC(=O)[O-])NC(=O)[C@H](Cc2ccccc2)NC(=O)[C@H](Cc2c[nH]c3ccccc23)[NH2+][C@H](O)CSC[C@@H](C(=O)[O-])NC(=O)[C@@H]2CCCN2C(=O)[C@H](Cc2ccccc2)NC1=O. The number of quaternary nitrogens is 1. The molecule has 33 nitrogen and oxygen atoms in total. The van der Waals surface area contributed by atoms with E-state index in [-0.39, 0.29) is 55.7 Å². The maximum Gasteiger partial charge on any atom is 0.279 e. The Kier molecular flexibility index (Phi) is 28.6. The van der Waals surface area contributed by atoms with Gasteiger partial charge in [-0.1, -0.05) is 91.0 Å². The number of nitrogens with one attached hydrogen (secondary N) is 10. The number of amides is 11. The number of carboxylic acids is 3. The van der Waals surface area contributed by atoms with Crippen LogP contribution >= 0.6 is 11.8 Å². The first-order chi connectivity index (χ1) is 48.1. The topological polar surface area (TPSA) is 539 Å². The van der Waals surface area contributed by atoms with Crippen LogP contribution in [0.5, 0.6) is 5.75 Å². The summed E-state index contributed by atoms with van der Waals surface area (Å²) < 4.78 is 0. The van der Waals surface area contributed by atoms with Crippen molar-refractivity contribution < 1.29 is 103 Å². The Balaban J connectivity index is 1.24. The summed E-state index contributed by atoms with van der Waals surface area (Å²) in [5.41, 5.74) is 7.94. The molecule has 7 rings (SSSR count). The Labute approximate surface area is 581 Å². The number of aliphatic hydroxyl groups excluding tert-OH is 2. The number of thioether (sulfide) groups is 1. The van der Waals surface area contributed by atoms with Gasteiger partial charge >= 0.3 is 0 Å². The average molecular weight is 1420 g/mol. The van der Waals surface area contributed by atoms with Crippen molar-refractivity contribution in [3.8, 4) is 5.75 Å². The molecule has 101 heavy (non-hydrogen) atoms. The highest BCUT2D eigenvalue weighted by Crippen LogP contribution is 2.23. The minimum Gasteiger partial charge on any atom is -0.550 e. The number of para-hydroxylation sites is 1. The number of hydrogen-bond acceptors (Lipinski definition) is 21. The largest absolute Gasteiger partial charge is 0.550 e. The number of carbonyl (C=O) groups is 14. The third-order valence-corrected chi connectivity index (χ3v) is 17.7. The second-order valence-electron chi connectivity index (χ2n) is 24.3. The molecule has 2 aliphatic heterocycles. The Hall–Kier alpha value is -11.0. The number of aromatic amines is 1. The van der Waals surface area contributed by atoms with E-state index in [1.54, 1.807) is 91.1 Å². The van der Waals surface area contributed by atoms with Crippen molar-refractivity contribution in [1.82, 2.24) is 57.7 Å². The van der Waals surface area contributed by atoms with Crippen LogP contribution in [0.3, 0.4) is 0 Å². The highest BCUT2D eigenvalue weighted by Gasteiger charge is 2.41. The number of aromatic hydroxyl groups is 1. The van der Waals surface area contributed by atoms with E-state index in [4.69, 9.17) is 5.73 Å². The molecule has 1 aromatic heterocycles. The summed E-state index contributed by atoms with van der Waals surface area (Å²) in [6.45, 7) is -0.0506. The number of aromatic nitrogens is 1. The Morgan fingerprint density at radius 1 is 0.594 bits per heavy atom. The maximum absolute atomic E-state index is 14.8. The molecular formula is C67H79N13O20S-2. The molecule has 0 saturated carbocycles. The van der Waals surface area contributed by atoms with Crippen molar-refractivity contribution in [2.24, 2.45) is 5.73 Å². The van der Waals surface area contributed by atoms with Gasteiger partial charge in [-0.05, 0) is 73.1 Å². The summed E-state index contributed by atoms with van der Waals surface area (Å²) in [5, 5.41) is 92.6. The summed E-state index contributed by atoms with van der Waals surface area (Å²) in [6, 6.07) is 11.1. The second kappa shape index (κ2) is 37.3. The minimum absolute atomic E-state index is 0.0000529. The van der Waals surface area contributed by atoms with Gasteiger partial charge in [-0.2, -0.15) is 11.8 Å². The van der Waals surface area contributed by atoms with Crippen molar-refractivity contribution in [1.29, 1.82) is 0 Å². The molecule has 0 aliphatic carbocycles. The number of benzene rings is 4. The molecule has 0 radical (unpaired) electrons. The van der Waals surface area contributed by atoms with Gasteiger partial charge in [-0.3, -0.25) is 52.7 Å². The molecule has 0 spiro atoms. The number of rotatable bonds is 17. The van der Waals surface area contributed by atoms with Crippen LogP contribution < -0.4 is 74.2 Å².